The first-order valence-electron chi connectivity index (χ1n) is 6.80. The van der Waals surface area contributed by atoms with E-state index in [0.717, 1.165) is 5.39 Å². The molecule has 114 valence electrons. The van der Waals surface area contributed by atoms with Crippen molar-refractivity contribution in [2.45, 2.75) is 26.0 Å². The van der Waals surface area contributed by atoms with Crippen LogP contribution < -0.4 is 5.32 Å². The Morgan fingerprint density at radius 3 is 2.73 bits per heavy atom. The number of anilines is 1. The summed E-state index contributed by atoms with van der Waals surface area (Å²) in [5.74, 6) is -0.432. The summed E-state index contributed by atoms with van der Waals surface area (Å²) < 4.78 is 5.74. The maximum atomic E-state index is 11.2. The van der Waals surface area contributed by atoms with E-state index in [2.05, 4.69) is 15.3 Å². The van der Waals surface area contributed by atoms with E-state index in [-0.39, 0.29) is 5.82 Å². The van der Waals surface area contributed by atoms with Crippen molar-refractivity contribution in [3.05, 3.63) is 30.1 Å². The molecule has 3 rings (SSSR count). The van der Waals surface area contributed by atoms with E-state index in [4.69, 9.17) is 4.42 Å². The first-order chi connectivity index (χ1) is 10.5. The van der Waals surface area contributed by atoms with E-state index in [1.807, 2.05) is 18.2 Å². The van der Waals surface area contributed by atoms with Crippen molar-refractivity contribution in [2.24, 2.45) is 0 Å². The molecule has 0 spiro atoms. The zero-order chi connectivity index (χ0) is 15.9. The molecule has 0 aliphatic heterocycles. The quantitative estimate of drug-likeness (QED) is 0.675. The number of carboxylic acid groups (broad SMARTS) is 1. The minimum atomic E-state index is -1.19. The van der Waals surface area contributed by atoms with E-state index < -0.39 is 18.1 Å². The maximum absolute atomic E-state index is 11.2. The Morgan fingerprint density at radius 2 is 2.05 bits per heavy atom. The molecule has 2 aromatic heterocycles. The molecule has 3 aromatic rings. The molecule has 0 saturated heterocycles. The molecular formula is C15H15N3O4. The molecule has 0 amide bonds. The molecule has 0 bridgehead atoms. The Hall–Kier alpha value is -2.67. The van der Waals surface area contributed by atoms with Crippen molar-refractivity contribution < 1.29 is 19.4 Å². The van der Waals surface area contributed by atoms with Crippen LogP contribution in [0.3, 0.4) is 0 Å². The fraction of sp³-hybridized carbons (Fsp3) is 0.267. The number of rotatable bonds is 4. The van der Waals surface area contributed by atoms with Gasteiger partial charge in [-0.2, -0.15) is 0 Å². The van der Waals surface area contributed by atoms with E-state index in [9.17, 15) is 15.0 Å². The van der Waals surface area contributed by atoms with Crippen molar-refractivity contribution in [3.8, 4) is 0 Å². The summed E-state index contributed by atoms with van der Waals surface area (Å²) in [6.45, 7) is 3.11. The summed E-state index contributed by atoms with van der Waals surface area (Å²) in [7, 11) is 0. The fourth-order valence-electron chi connectivity index (χ4n) is 2.34. The first-order valence-corrected chi connectivity index (χ1v) is 6.80. The Morgan fingerprint density at radius 1 is 1.32 bits per heavy atom. The lowest BCUT2D eigenvalue weighted by atomic mass is 10.2. The highest BCUT2D eigenvalue weighted by Crippen LogP contribution is 2.31. The van der Waals surface area contributed by atoms with Crippen LogP contribution in [-0.2, 0) is 4.79 Å². The number of carbonyl (C=O) groups is 1. The van der Waals surface area contributed by atoms with Crippen molar-refractivity contribution in [2.75, 3.05) is 5.32 Å². The molecule has 0 radical (unpaired) electrons. The number of carboxylic acids is 1. The monoisotopic (exact) mass is 301 g/mol. The second-order valence-electron chi connectivity index (χ2n) is 5.10. The number of aliphatic carboxylic acids is 1. The summed E-state index contributed by atoms with van der Waals surface area (Å²) in [5.41, 5.74) is 1.63. The molecular weight excluding hydrogens is 286 g/mol. The average molecular weight is 301 g/mol. The van der Waals surface area contributed by atoms with Gasteiger partial charge in [0, 0.05) is 5.39 Å². The minimum Gasteiger partial charge on any atom is -0.480 e. The van der Waals surface area contributed by atoms with E-state index in [1.54, 1.807) is 13.0 Å². The number of furan rings is 1. The molecule has 3 N–H and O–H groups in total. The summed E-state index contributed by atoms with van der Waals surface area (Å²) in [5, 5.41) is 22.4. The van der Waals surface area contributed by atoms with Crippen molar-refractivity contribution >= 4 is 33.9 Å². The Labute approximate surface area is 125 Å². The summed E-state index contributed by atoms with van der Waals surface area (Å²) >= 11 is 0. The van der Waals surface area contributed by atoms with E-state index >= 15 is 0 Å². The lowest BCUT2D eigenvalue weighted by molar-refractivity contribution is -0.140. The number of aliphatic hydroxyl groups is 1. The maximum Gasteiger partial charge on any atom is 0.328 e. The zero-order valence-electron chi connectivity index (χ0n) is 12.1. The van der Waals surface area contributed by atoms with Gasteiger partial charge in [-0.25, -0.2) is 14.8 Å². The van der Waals surface area contributed by atoms with Gasteiger partial charge in [0.05, 0.1) is 6.10 Å². The number of nitrogens with one attached hydrogen (secondary N) is 1. The lowest BCUT2D eigenvalue weighted by Gasteiger charge is -2.17. The van der Waals surface area contributed by atoms with Crippen molar-refractivity contribution in [1.82, 2.24) is 9.97 Å². The smallest absolute Gasteiger partial charge is 0.328 e. The van der Waals surface area contributed by atoms with Gasteiger partial charge in [-0.1, -0.05) is 12.1 Å². The number of aliphatic hydroxyl groups excluding tert-OH is 1. The number of fused-ring (bicyclic) bond motifs is 3. The van der Waals surface area contributed by atoms with Crippen LogP contribution in [0.5, 0.6) is 0 Å². The van der Waals surface area contributed by atoms with Gasteiger partial charge in [0.25, 0.3) is 0 Å². The van der Waals surface area contributed by atoms with Gasteiger partial charge in [0.1, 0.15) is 16.9 Å². The highest BCUT2D eigenvalue weighted by Gasteiger charge is 2.25. The fourth-order valence-corrected chi connectivity index (χ4v) is 2.34. The number of benzene rings is 1. The second kappa shape index (κ2) is 5.27. The van der Waals surface area contributed by atoms with Gasteiger partial charge in [-0.3, -0.25) is 0 Å². The van der Waals surface area contributed by atoms with Gasteiger partial charge in [0.2, 0.25) is 0 Å². The molecule has 22 heavy (non-hydrogen) atoms. The summed E-state index contributed by atoms with van der Waals surface area (Å²) in [6.07, 6.45) is -1.09. The molecule has 1 aromatic carbocycles. The average Bonchev–Trinajstić information content (AvgIpc) is 2.82. The minimum absolute atomic E-state index is 0.256. The van der Waals surface area contributed by atoms with Crippen LogP contribution in [0.1, 0.15) is 12.7 Å². The number of para-hydroxylation sites is 1. The number of nitrogens with zero attached hydrogens (tertiary/aromatic N) is 2. The third-order valence-corrected chi connectivity index (χ3v) is 3.37. The molecule has 0 unspecified atom stereocenters. The Bertz CT molecular complexity index is 856. The number of aryl methyl sites for hydroxylation is 1. The summed E-state index contributed by atoms with van der Waals surface area (Å²) in [6, 6.07) is 6.21. The van der Waals surface area contributed by atoms with Crippen LogP contribution in [0.4, 0.5) is 5.82 Å². The molecule has 0 aliphatic rings. The van der Waals surface area contributed by atoms with Crippen molar-refractivity contribution in [1.29, 1.82) is 0 Å². The van der Waals surface area contributed by atoms with E-state index in [1.165, 1.54) is 6.92 Å². The SMILES string of the molecule is Cc1nc(N[C@@H](C(=O)O)[C@@H](C)O)c2oc3ccccc3c2n1. The number of aromatic nitrogens is 2. The number of hydrogen-bond acceptors (Lipinski definition) is 6. The topological polar surface area (TPSA) is 108 Å². The molecule has 2 heterocycles. The van der Waals surface area contributed by atoms with Crippen LogP contribution >= 0.6 is 0 Å². The largest absolute Gasteiger partial charge is 0.480 e. The molecule has 0 fully saturated rings. The molecule has 0 saturated carbocycles. The van der Waals surface area contributed by atoms with Crippen LogP contribution in [0.25, 0.3) is 22.1 Å². The summed E-state index contributed by atoms with van der Waals surface area (Å²) in [4.78, 5) is 19.8. The molecule has 2 atom stereocenters. The van der Waals surface area contributed by atoms with Crippen LogP contribution in [0.15, 0.2) is 28.7 Å². The van der Waals surface area contributed by atoms with Crippen molar-refractivity contribution in [3.63, 3.8) is 0 Å². The normalized spacial score (nSPS) is 14.1. The van der Waals surface area contributed by atoms with Crippen LogP contribution in [0, 0.1) is 6.92 Å². The van der Waals surface area contributed by atoms with Gasteiger partial charge < -0.3 is 19.9 Å². The molecule has 7 nitrogen and oxygen atoms in total. The van der Waals surface area contributed by atoms with Gasteiger partial charge >= 0.3 is 5.97 Å². The molecule has 0 aliphatic carbocycles. The van der Waals surface area contributed by atoms with E-state index in [0.29, 0.717) is 22.5 Å². The zero-order valence-corrected chi connectivity index (χ0v) is 12.1. The Kier molecular flexibility index (Phi) is 3.42. The number of hydrogen-bond donors (Lipinski definition) is 3. The van der Waals surface area contributed by atoms with Gasteiger partial charge in [-0.05, 0) is 26.0 Å². The highest BCUT2D eigenvalue weighted by atomic mass is 16.4. The standard InChI is InChI=1S/C15H15N3O4/c1-7(19)11(15(20)21)18-14-13-12(16-8(2)17-14)9-5-3-4-6-10(9)22-13/h3-7,11,19H,1-2H3,(H,20,21)(H,16,17,18)/t7-,11-/m1/s1. The third kappa shape index (κ3) is 2.35. The predicted octanol–water partition coefficient (Wildman–Crippen LogP) is 1.93. The van der Waals surface area contributed by atoms with Gasteiger partial charge in [0.15, 0.2) is 17.4 Å². The lowest BCUT2D eigenvalue weighted by Crippen LogP contribution is -2.39. The third-order valence-electron chi connectivity index (χ3n) is 3.37. The van der Waals surface area contributed by atoms with Crippen LogP contribution in [0.2, 0.25) is 0 Å². The van der Waals surface area contributed by atoms with Gasteiger partial charge in [-0.15, -0.1) is 0 Å². The highest BCUT2D eigenvalue weighted by molar-refractivity contribution is 6.05. The molecule has 7 heteroatoms. The Balaban J connectivity index is 2.18. The first kappa shape index (κ1) is 14.3. The second-order valence-corrected chi connectivity index (χ2v) is 5.10. The predicted molar refractivity (Wildman–Crippen MR) is 80.8 cm³/mol. The van der Waals surface area contributed by atoms with Crippen LogP contribution in [-0.4, -0.2) is 38.3 Å².